The Hall–Kier alpha value is -2.74. The molecule has 0 radical (unpaired) electrons. The largest absolute Gasteiger partial charge is 0.487 e. The van der Waals surface area contributed by atoms with E-state index in [0.29, 0.717) is 5.56 Å². The smallest absolute Gasteiger partial charge is 0.338 e. The molecule has 0 unspecified atom stereocenters. The maximum Gasteiger partial charge on any atom is 0.338 e. The van der Waals surface area contributed by atoms with Gasteiger partial charge in [0, 0.05) is 21.4 Å². The fraction of sp³-hybridized carbons (Fsp3) is 0.294. The lowest BCUT2D eigenvalue weighted by Gasteiger charge is -2.07. The summed E-state index contributed by atoms with van der Waals surface area (Å²) in [5, 5.41) is 11.1. The minimum atomic E-state index is -0.802. The summed E-state index contributed by atoms with van der Waals surface area (Å²) in [6, 6.07) is 5.53. The molecule has 25 heavy (non-hydrogen) atoms. The zero-order chi connectivity index (χ0) is 18.6. The van der Waals surface area contributed by atoms with Crippen LogP contribution in [0.25, 0.3) is 0 Å². The normalized spacial score (nSPS) is 10.4. The van der Waals surface area contributed by atoms with Crippen molar-refractivity contribution < 1.29 is 24.0 Å². The van der Waals surface area contributed by atoms with Crippen LogP contribution in [0.5, 0.6) is 5.75 Å². The number of nitro groups is 1. The zero-order valence-corrected chi connectivity index (χ0v) is 14.8. The fourth-order valence-corrected chi connectivity index (χ4v) is 3.21. The van der Waals surface area contributed by atoms with Crippen molar-refractivity contribution in [3.8, 4) is 5.75 Å². The predicted octanol–water partition coefficient (Wildman–Crippen LogP) is 3.71. The number of rotatable bonds is 7. The molecule has 1 aromatic heterocycles. The summed E-state index contributed by atoms with van der Waals surface area (Å²) in [4.78, 5) is 36.5. The zero-order valence-electron chi connectivity index (χ0n) is 14.0. The molecule has 0 saturated heterocycles. The van der Waals surface area contributed by atoms with Crippen LogP contribution >= 0.6 is 11.3 Å². The highest BCUT2D eigenvalue weighted by molar-refractivity contribution is 7.12. The number of nitrogens with zero attached hydrogens (tertiary/aromatic N) is 1. The molecule has 0 bridgehead atoms. The first-order valence-electron chi connectivity index (χ1n) is 7.52. The quantitative estimate of drug-likeness (QED) is 0.322. The summed E-state index contributed by atoms with van der Waals surface area (Å²) in [5.41, 5.74) is 0.182. The van der Waals surface area contributed by atoms with Gasteiger partial charge in [0.15, 0.2) is 12.4 Å². The van der Waals surface area contributed by atoms with Gasteiger partial charge in [-0.2, -0.15) is 0 Å². The number of aryl methyl sites for hydroxylation is 2. The van der Waals surface area contributed by atoms with E-state index in [1.807, 2.05) is 13.8 Å². The second kappa shape index (κ2) is 7.89. The van der Waals surface area contributed by atoms with Gasteiger partial charge in [-0.3, -0.25) is 14.9 Å². The van der Waals surface area contributed by atoms with Crippen LogP contribution < -0.4 is 4.74 Å². The van der Waals surface area contributed by atoms with Crippen LogP contribution in [0.4, 0.5) is 5.69 Å². The summed E-state index contributed by atoms with van der Waals surface area (Å²) < 4.78 is 10.2. The third kappa shape index (κ3) is 4.42. The van der Waals surface area contributed by atoms with Crippen molar-refractivity contribution in [2.75, 3.05) is 13.2 Å². The van der Waals surface area contributed by atoms with Crippen LogP contribution in [0.3, 0.4) is 0 Å². The van der Waals surface area contributed by atoms with Crippen molar-refractivity contribution in [1.82, 2.24) is 0 Å². The van der Waals surface area contributed by atoms with Crippen LogP contribution in [-0.2, 0) is 4.74 Å². The lowest BCUT2D eigenvalue weighted by molar-refractivity contribution is -0.385. The van der Waals surface area contributed by atoms with E-state index >= 15 is 0 Å². The first-order chi connectivity index (χ1) is 11.8. The van der Waals surface area contributed by atoms with Crippen LogP contribution in [0.1, 0.15) is 37.4 Å². The van der Waals surface area contributed by atoms with Crippen LogP contribution in [-0.4, -0.2) is 29.9 Å². The number of benzene rings is 1. The SMILES string of the molecule is CCOc1ccc(C(=O)OCC(=O)c2cc(C)sc2C)cc1[N+](=O)[O-]. The second-order valence-electron chi connectivity index (χ2n) is 5.20. The molecule has 0 aliphatic heterocycles. The number of Topliss-reactive ketones (excluding diaryl/α,β-unsaturated/α-hetero) is 1. The summed E-state index contributed by atoms with van der Waals surface area (Å²) >= 11 is 1.49. The van der Waals surface area contributed by atoms with Gasteiger partial charge in [-0.05, 0) is 39.0 Å². The monoisotopic (exact) mass is 363 g/mol. The van der Waals surface area contributed by atoms with Crippen molar-refractivity contribution in [3.05, 3.63) is 55.3 Å². The Balaban J connectivity index is 2.10. The van der Waals surface area contributed by atoms with Crippen LogP contribution in [0.15, 0.2) is 24.3 Å². The van der Waals surface area contributed by atoms with Crippen LogP contribution in [0.2, 0.25) is 0 Å². The number of hydrogen-bond donors (Lipinski definition) is 0. The lowest BCUT2D eigenvalue weighted by atomic mass is 10.1. The predicted molar refractivity (Wildman–Crippen MR) is 92.7 cm³/mol. The average Bonchev–Trinajstić information content (AvgIpc) is 2.91. The average molecular weight is 363 g/mol. The molecular formula is C17H17NO6S. The van der Waals surface area contributed by atoms with E-state index in [1.54, 1.807) is 13.0 Å². The van der Waals surface area contributed by atoms with E-state index < -0.39 is 17.5 Å². The third-order valence-electron chi connectivity index (χ3n) is 3.37. The van der Waals surface area contributed by atoms with Gasteiger partial charge < -0.3 is 9.47 Å². The first kappa shape index (κ1) is 18.6. The van der Waals surface area contributed by atoms with Crippen molar-refractivity contribution in [2.45, 2.75) is 20.8 Å². The molecule has 0 aliphatic rings. The molecule has 0 saturated carbocycles. The number of carbonyl (C=O) groups is 2. The highest BCUT2D eigenvalue weighted by Crippen LogP contribution is 2.28. The Kier molecular flexibility index (Phi) is 5.87. The van der Waals surface area contributed by atoms with E-state index in [-0.39, 0.29) is 29.4 Å². The van der Waals surface area contributed by atoms with Crippen molar-refractivity contribution in [3.63, 3.8) is 0 Å². The topological polar surface area (TPSA) is 95.7 Å². The second-order valence-corrected chi connectivity index (χ2v) is 6.66. The number of carbonyl (C=O) groups excluding carboxylic acids is 2. The Morgan fingerprint density at radius 1 is 1.24 bits per heavy atom. The van der Waals surface area contributed by atoms with Gasteiger partial charge in [-0.25, -0.2) is 4.79 Å². The van der Waals surface area contributed by atoms with E-state index in [9.17, 15) is 19.7 Å². The van der Waals surface area contributed by atoms with E-state index in [1.165, 1.54) is 23.5 Å². The minimum absolute atomic E-state index is 0.0128. The molecule has 2 aromatic rings. The molecule has 132 valence electrons. The molecule has 0 fully saturated rings. The summed E-state index contributed by atoms with van der Waals surface area (Å²) in [6.07, 6.45) is 0. The molecule has 0 atom stereocenters. The molecule has 1 heterocycles. The molecule has 0 spiro atoms. The van der Waals surface area contributed by atoms with Gasteiger partial charge >= 0.3 is 11.7 Å². The van der Waals surface area contributed by atoms with Crippen molar-refractivity contribution in [1.29, 1.82) is 0 Å². The minimum Gasteiger partial charge on any atom is -0.487 e. The molecule has 8 heteroatoms. The Labute approximate surface area is 148 Å². The number of hydrogen-bond acceptors (Lipinski definition) is 7. The molecule has 7 nitrogen and oxygen atoms in total. The number of esters is 1. The van der Waals surface area contributed by atoms with Crippen molar-refractivity contribution >= 4 is 28.8 Å². The lowest BCUT2D eigenvalue weighted by Crippen LogP contribution is -2.14. The van der Waals surface area contributed by atoms with Gasteiger partial charge in [-0.15, -0.1) is 11.3 Å². The number of ether oxygens (including phenoxy) is 2. The Morgan fingerprint density at radius 3 is 2.52 bits per heavy atom. The Morgan fingerprint density at radius 2 is 1.96 bits per heavy atom. The maximum absolute atomic E-state index is 12.1. The third-order valence-corrected chi connectivity index (χ3v) is 4.33. The van der Waals surface area contributed by atoms with E-state index in [2.05, 4.69) is 0 Å². The fourth-order valence-electron chi connectivity index (χ4n) is 2.26. The van der Waals surface area contributed by atoms with Gasteiger partial charge in [0.1, 0.15) is 0 Å². The van der Waals surface area contributed by atoms with E-state index in [0.717, 1.165) is 15.8 Å². The van der Waals surface area contributed by atoms with Gasteiger partial charge in [-0.1, -0.05) is 0 Å². The highest BCUT2D eigenvalue weighted by Gasteiger charge is 2.20. The maximum atomic E-state index is 12.1. The first-order valence-corrected chi connectivity index (χ1v) is 8.33. The molecule has 0 amide bonds. The van der Waals surface area contributed by atoms with Crippen LogP contribution in [0, 0.1) is 24.0 Å². The van der Waals surface area contributed by atoms with Gasteiger partial charge in [0.2, 0.25) is 5.78 Å². The standard InChI is InChI=1S/C17H17NO6S/c1-4-23-16-6-5-12(8-14(16)18(21)22)17(20)24-9-15(19)13-7-10(2)25-11(13)3/h5-8H,4,9H2,1-3H3. The molecule has 1 aromatic carbocycles. The van der Waals surface area contributed by atoms with Gasteiger partial charge in [0.05, 0.1) is 17.1 Å². The molecule has 0 aliphatic carbocycles. The summed E-state index contributed by atoms with van der Waals surface area (Å²) in [7, 11) is 0. The number of thiophene rings is 1. The van der Waals surface area contributed by atoms with E-state index in [4.69, 9.17) is 9.47 Å². The summed E-state index contributed by atoms with van der Waals surface area (Å²) in [5.74, 6) is -1.04. The number of nitro benzene ring substituents is 1. The summed E-state index contributed by atoms with van der Waals surface area (Å²) in [6.45, 7) is 5.25. The molecular weight excluding hydrogens is 346 g/mol. The molecule has 0 N–H and O–H groups in total. The van der Waals surface area contributed by atoms with Crippen molar-refractivity contribution in [2.24, 2.45) is 0 Å². The molecule has 2 rings (SSSR count). The highest BCUT2D eigenvalue weighted by atomic mass is 32.1. The van der Waals surface area contributed by atoms with Gasteiger partial charge in [0.25, 0.3) is 0 Å². The Bertz CT molecular complexity index is 827. The number of ketones is 1.